The lowest BCUT2D eigenvalue weighted by atomic mass is 10.1. The van der Waals surface area contributed by atoms with Crippen LogP contribution in [-0.4, -0.2) is 45.7 Å². The van der Waals surface area contributed by atoms with Crippen LogP contribution in [0.4, 0.5) is 5.82 Å². The second-order valence-electron chi connectivity index (χ2n) is 7.68. The van der Waals surface area contributed by atoms with Gasteiger partial charge in [-0.2, -0.15) is 5.10 Å². The number of aromatic nitrogens is 4. The molecule has 33 heavy (non-hydrogen) atoms. The molecule has 10 heteroatoms. The minimum Gasteiger partial charge on any atom is -0.486 e. The van der Waals surface area contributed by atoms with Crippen LogP contribution in [0.25, 0.3) is 22.2 Å². The summed E-state index contributed by atoms with van der Waals surface area (Å²) in [4.78, 5) is 22.3. The molecular formula is C23H20Cl2N6O2. The molecule has 1 aliphatic rings. The molecule has 0 saturated carbocycles. The number of nitrogens with one attached hydrogen (secondary N) is 2. The van der Waals surface area contributed by atoms with E-state index in [1.807, 2.05) is 37.3 Å². The number of anilines is 1. The van der Waals surface area contributed by atoms with E-state index in [-0.39, 0.29) is 12.0 Å². The molecule has 0 spiro atoms. The summed E-state index contributed by atoms with van der Waals surface area (Å²) in [5.74, 6) is 1.30. The molecule has 1 fully saturated rings. The first-order chi connectivity index (χ1) is 16.0. The van der Waals surface area contributed by atoms with Crippen LogP contribution in [0.15, 0.2) is 48.9 Å². The predicted octanol–water partition coefficient (Wildman–Crippen LogP) is 4.40. The number of aromatic amines is 1. The van der Waals surface area contributed by atoms with Crippen molar-refractivity contribution < 1.29 is 9.53 Å². The molecule has 1 atom stereocenters. The average molecular weight is 483 g/mol. The normalized spacial score (nSPS) is 15.1. The summed E-state index contributed by atoms with van der Waals surface area (Å²) in [5, 5.41) is 12.4. The molecular weight excluding hydrogens is 463 g/mol. The first-order valence-corrected chi connectivity index (χ1v) is 11.2. The van der Waals surface area contributed by atoms with E-state index in [1.165, 1.54) is 0 Å². The largest absolute Gasteiger partial charge is 0.486 e. The molecule has 1 aliphatic heterocycles. The van der Waals surface area contributed by atoms with Crippen LogP contribution >= 0.6 is 23.2 Å². The first-order valence-electron chi connectivity index (χ1n) is 10.4. The van der Waals surface area contributed by atoms with E-state index in [1.54, 1.807) is 23.5 Å². The number of fused-ring (bicyclic) bond motifs is 1. The zero-order valence-corrected chi connectivity index (χ0v) is 19.2. The molecule has 3 aromatic heterocycles. The number of halogens is 2. The Hall–Kier alpha value is -3.20. The molecule has 0 unspecified atom stereocenters. The van der Waals surface area contributed by atoms with E-state index in [0.29, 0.717) is 40.3 Å². The lowest BCUT2D eigenvalue weighted by Gasteiger charge is -2.26. The second-order valence-corrected chi connectivity index (χ2v) is 8.50. The monoisotopic (exact) mass is 482 g/mol. The first kappa shape index (κ1) is 21.6. The number of carbonyl (C=O) groups excluding carboxylic acids is 1. The number of H-pyrrole nitrogens is 1. The Morgan fingerprint density at radius 1 is 1.12 bits per heavy atom. The van der Waals surface area contributed by atoms with Crippen molar-refractivity contribution in [3.63, 3.8) is 0 Å². The summed E-state index contributed by atoms with van der Waals surface area (Å²) in [5.41, 5.74) is 3.13. The summed E-state index contributed by atoms with van der Waals surface area (Å²) in [6.07, 6.45) is 4.45. The molecule has 5 rings (SSSR count). The van der Waals surface area contributed by atoms with Crippen molar-refractivity contribution in [2.24, 2.45) is 0 Å². The maximum Gasteiger partial charge on any atom is 0.242 e. The van der Waals surface area contributed by atoms with Gasteiger partial charge in [-0.05, 0) is 37.3 Å². The SMILES string of the molecule is C[C@@H](Oc1ccc2[nH]nc(-c3ccc(N4CCNCC4=O)nc3)c2c1)c1c(Cl)cncc1Cl. The summed E-state index contributed by atoms with van der Waals surface area (Å²) in [6, 6.07) is 9.45. The summed E-state index contributed by atoms with van der Waals surface area (Å²) >= 11 is 12.5. The Bertz CT molecular complexity index is 1300. The van der Waals surface area contributed by atoms with Crippen molar-refractivity contribution in [3.05, 3.63) is 64.5 Å². The molecule has 0 radical (unpaired) electrons. The average Bonchev–Trinajstić information content (AvgIpc) is 3.23. The number of piperazine rings is 1. The van der Waals surface area contributed by atoms with Crippen molar-refractivity contribution in [2.45, 2.75) is 13.0 Å². The number of nitrogens with zero attached hydrogens (tertiary/aromatic N) is 4. The van der Waals surface area contributed by atoms with Crippen molar-refractivity contribution in [1.29, 1.82) is 0 Å². The Balaban J connectivity index is 1.42. The fraction of sp³-hybridized carbons (Fsp3) is 0.217. The Morgan fingerprint density at radius 3 is 2.67 bits per heavy atom. The fourth-order valence-electron chi connectivity index (χ4n) is 3.89. The van der Waals surface area contributed by atoms with Gasteiger partial charge in [-0.1, -0.05) is 23.2 Å². The van der Waals surface area contributed by atoms with Gasteiger partial charge in [0, 0.05) is 48.2 Å². The van der Waals surface area contributed by atoms with Gasteiger partial charge in [0.1, 0.15) is 23.4 Å². The lowest BCUT2D eigenvalue weighted by molar-refractivity contribution is -0.118. The van der Waals surface area contributed by atoms with Crippen LogP contribution in [0, 0.1) is 0 Å². The Kier molecular flexibility index (Phi) is 5.88. The molecule has 4 heterocycles. The zero-order valence-electron chi connectivity index (χ0n) is 17.7. The molecule has 2 N–H and O–H groups in total. The van der Waals surface area contributed by atoms with E-state index < -0.39 is 0 Å². The molecule has 0 bridgehead atoms. The van der Waals surface area contributed by atoms with Gasteiger partial charge in [-0.15, -0.1) is 0 Å². The van der Waals surface area contributed by atoms with Crippen LogP contribution in [0.3, 0.4) is 0 Å². The van der Waals surface area contributed by atoms with E-state index in [2.05, 4.69) is 25.5 Å². The topological polar surface area (TPSA) is 96.0 Å². The second kappa shape index (κ2) is 8.97. The third kappa shape index (κ3) is 4.25. The van der Waals surface area contributed by atoms with Crippen LogP contribution in [0.5, 0.6) is 5.75 Å². The Morgan fingerprint density at radius 2 is 1.94 bits per heavy atom. The van der Waals surface area contributed by atoms with Gasteiger partial charge < -0.3 is 10.1 Å². The summed E-state index contributed by atoms with van der Waals surface area (Å²) < 4.78 is 6.14. The van der Waals surface area contributed by atoms with Gasteiger partial charge in [-0.3, -0.25) is 19.8 Å². The van der Waals surface area contributed by atoms with Gasteiger partial charge in [0.15, 0.2) is 0 Å². The number of amides is 1. The number of hydrogen-bond acceptors (Lipinski definition) is 6. The van der Waals surface area contributed by atoms with Crippen LogP contribution in [-0.2, 0) is 4.79 Å². The Labute approximate surface area is 199 Å². The number of pyridine rings is 2. The fourth-order valence-corrected chi connectivity index (χ4v) is 4.57. The third-order valence-electron chi connectivity index (χ3n) is 5.53. The standard InChI is InChI=1S/C23H20Cl2N6O2/c1-13(22-17(24)10-27-11-18(22)25)33-15-3-4-19-16(8-15)23(30-29-19)14-2-5-20(28-9-14)31-7-6-26-12-21(31)32/h2-5,8-11,13,26H,6-7,12H2,1H3,(H,29,30)/t13-/m1/s1. The van der Waals surface area contributed by atoms with Crippen molar-refractivity contribution in [1.82, 2.24) is 25.5 Å². The highest BCUT2D eigenvalue weighted by atomic mass is 35.5. The van der Waals surface area contributed by atoms with Gasteiger partial charge in [0.25, 0.3) is 0 Å². The molecule has 1 aromatic carbocycles. The number of hydrogen-bond donors (Lipinski definition) is 2. The number of ether oxygens (including phenoxy) is 1. The number of rotatable bonds is 5. The van der Waals surface area contributed by atoms with Gasteiger partial charge in [0.05, 0.1) is 22.1 Å². The van der Waals surface area contributed by atoms with Gasteiger partial charge in [0.2, 0.25) is 5.91 Å². The summed E-state index contributed by atoms with van der Waals surface area (Å²) in [7, 11) is 0. The highest BCUT2D eigenvalue weighted by Gasteiger charge is 2.21. The van der Waals surface area contributed by atoms with Gasteiger partial charge >= 0.3 is 0 Å². The number of carbonyl (C=O) groups is 1. The van der Waals surface area contributed by atoms with Crippen LogP contribution < -0.4 is 15.0 Å². The highest BCUT2D eigenvalue weighted by Crippen LogP contribution is 2.34. The molecule has 4 aromatic rings. The molecule has 168 valence electrons. The maximum absolute atomic E-state index is 12.1. The van der Waals surface area contributed by atoms with Crippen LogP contribution in [0.2, 0.25) is 10.0 Å². The van der Waals surface area contributed by atoms with Crippen LogP contribution in [0.1, 0.15) is 18.6 Å². The minimum absolute atomic E-state index is 0.0111. The summed E-state index contributed by atoms with van der Waals surface area (Å²) in [6.45, 7) is 3.55. The van der Waals surface area contributed by atoms with Crippen molar-refractivity contribution >= 4 is 45.8 Å². The van der Waals surface area contributed by atoms with E-state index >= 15 is 0 Å². The molecule has 1 amide bonds. The highest BCUT2D eigenvalue weighted by molar-refractivity contribution is 6.35. The smallest absolute Gasteiger partial charge is 0.242 e. The van der Waals surface area contributed by atoms with Gasteiger partial charge in [-0.25, -0.2) is 4.98 Å². The van der Waals surface area contributed by atoms with E-state index in [4.69, 9.17) is 27.9 Å². The quantitative estimate of drug-likeness (QED) is 0.437. The van der Waals surface area contributed by atoms with Crippen molar-refractivity contribution in [2.75, 3.05) is 24.5 Å². The predicted molar refractivity (Wildman–Crippen MR) is 128 cm³/mol. The number of benzene rings is 1. The van der Waals surface area contributed by atoms with Crippen molar-refractivity contribution in [3.8, 4) is 17.0 Å². The molecule has 1 saturated heterocycles. The maximum atomic E-state index is 12.1. The zero-order chi connectivity index (χ0) is 22.9. The lowest BCUT2D eigenvalue weighted by Crippen LogP contribution is -2.48. The van der Waals surface area contributed by atoms with E-state index in [0.717, 1.165) is 28.7 Å². The minimum atomic E-state index is -0.377. The molecule has 8 nitrogen and oxygen atoms in total. The third-order valence-corrected chi connectivity index (χ3v) is 6.13. The molecule has 0 aliphatic carbocycles. The van der Waals surface area contributed by atoms with E-state index in [9.17, 15) is 4.79 Å².